The Labute approximate surface area is 114 Å². The molecule has 1 N–H and O–H groups in total. The van der Waals surface area contributed by atoms with Crippen LogP contribution in [0.2, 0.25) is 0 Å². The molecule has 2 rings (SSSR count). The molecule has 2 aliphatic rings. The van der Waals surface area contributed by atoms with Gasteiger partial charge in [0.1, 0.15) is 5.60 Å². The van der Waals surface area contributed by atoms with E-state index >= 15 is 0 Å². The molecule has 19 heavy (non-hydrogen) atoms. The number of imide groups is 1. The van der Waals surface area contributed by atoms with Crippen LogP contribution in [0, 0.1) is 5.92 Å². The monoisotopic (exact) mass is 268 g/mol. The van der Waals surface area contributed by atoms with Crippen LogP contribution in [0.1, 0.15) is 46.5 Å². The van der Waals surface area contributed by atoms with Crippen molar-refractivity contribution in [2.45, 2.75) is 58.1 Å². The van der Waals surface area contributed by atoms with Crippen LogP contribution in [0.5, 0.6) is 0 Å². The van der Waals surface area contributed by atoms with E-state index in [1.165, 1.54) is 4.90 Å². The van der Waals surface area contributed by atoms with Gasteiger partial charge in [-0.1, -0.05) is 0 Å². The molecule has 0 bridgehead atoms. The van der Waals surface area contributed by atoms with Crippen LogP contribution < -0.4 is 5.32 Å². The third-order valence-electron chi connectivity index (χ3n) is 3.72. The van der Waals surface area contributed by atoms with E-state index in [0.29, 0.717) is 12.3 Å². The lowest BCUT2D eigenvalue weighted by atomic mass is 9.87. The highest BCUT2D eigenvalue weighted by Gasteiger charge is 2.41. The van der Waals surface area contributed by atoms with Gasteiger partial charge in [0.25, 0.3) is 0 Å². The van der Waals surface area contributed by atoms with Gasteiger partial charge in [0.15, 0.2) is 0 Å². The number of piperidine rings is 1. The highest BCUT2D eigenvalue weighted by molar-refractivity contribution is 5.93. The highest BCUT2D eigenvalue weighted by Crippen LogP contribution is 2.30. The van der Waals surface area contributed by atoms with Crippen LogP contribution in [0.15, 0.2) is 0 Å². The van der Waals surface area contributed by atoms with E-state index in [2.05, 4.69) is 5.32 Å². The minimum absolute atomic E-state index is 0.00565. The Hall–Kier alpha value is -1.10. The van der Waals surface area contributed by atoms with Crippen molar-refractivity contribution in [2.75, 3.05) is 13.1 Å². The minimum atomic E-state index is -0.562. The van der Waals surface area contributed by atoms with Gasteiger partial charge in [-0.15, -0.1) is 0 Å². The Kier molecular flexibility index (Phi) is 4.13. The molecular weight excluding hydrogens is 244 g/mol. The molecule has 2 heterocycles. The fourth-order valence-electron chi connectivity index (χ4n) is 2.89. The quantitative estimate of drug-likeness (QED) is 0.729. The Balaban J connectivity index is 2.14. The second kappa shape index (κ2) is 5.49. The third-order valence-corrected chi connectivity index (χ3v) is 3.72. The topological polar surface area (TPSA) is 58.6 Å². The van der Waals surface area contributed by atoms with Crippen LogP contribution in [0.4, 0.5) is 4.79 Å². The van der Waals surface area contributed by atoms with E-state index < -0.39 is 11.7 Å². The van der Waals surface area contributed by atoms with Crippen molar-refractivity contribution in [3.8, 4) is 0 Å². The summed E-state index contributed by atoms with van der Waals surface area (Å²) in [6.07, 6.45) is 2.71. The molecule has 2 amide bonds. The number of fused-ring (bicyclic) bond motifs is 1. The zero-order valence-electron chi connectivity index (χ0n) is 12.1. The second-order valence-electron chi connectivity index (χ2n) is 6.46. The Bertz CT molecular complexity index is 362. The first-order chi connectivity index (χ1) is 8.88. The van der Waals surface area contributed by atoms with Crippen LogP contribution in [-0.2, 0) is 9.53 Å². The van der Waals surface area contributed by atoms with Gasteiger partial charge in [0.2, 0.25) is 5.91 Å². The van der Waals surface area contributed by atoms with E-state index in [4.69, 9.17) is 4.74 Å². The third kappa shape index (κ3) is 3.47. The number of carbonyl (C=O) groups excluding carboxylic acids is 2. The van der Waals surface area contributed by atoms with Gasteiger partial charge in [0, 0.05) is 12.5 Å². The first-order valence-corrected chi connectivity index (χ1v) is 7.14. The zero-order chi connectivity index (χ0) is 14.0. The van der Waals surface area contributed by atoms with Crippen LogP contribution >= 0.6 is 0 Å². The van der Waals surface area contributed by atoms with Crippen molar-refractivity contribution < 1.29 is 14.3 Å². The number of hydrogen-bond acceptors (Lipinski definition) is 4. The summed E-state index contributed by atoms with van der Waals surface area (Å²) in [5.74, 6) is 0.283. The molecule has 0 saturated carbocycles. The standard InChI is InChI=1S/C14H24N2O3/c1-14(2,3)19-13(18)16-11-5-4-8-15-9-10(11)6-7-12(16)17/h10-11,15H,4-9H2,1-3H3/t10-,11-/m1/s1. The minimum Gasteiger partial charge on any atom is -0.443 e. The van der Waals surface area contributed by atoms with Crippen LogP contribution in [0.25, 0.3) is 0 Å². The number of amides is 2. The summed E-state index contributed by atoms with van der Waals surface area (Å²) >= 11 is 0. The molecule has 2 fully saturated rings. The zero-order valence-corrected chi connectivity index (χ0v) is 12.1. The summed E-state index contributed by atoms with van der Waals surface area (Å²) in [5.41, 5.74) is -0.562. The largest absolute Gasteiger partial charge is 0.443 e. The number of nitrogens with zero attached hydrogens (tertiary/aromatic N) is 1. The maximum atomic E-state index is 12.3. The maximum Gasteiger partial charge on any atom is 0.417 e. The van der Waals surface area contributed by atoms with Crippen molar-refractivity contribution in [3.05, 3.63) is 0 Å². The summed E-state index contributed by atoms with van der Waals surface area (Å²) in [5, 5.41) is 3.38. The molecule has 5 nitrogen and oxygen atoms in total. The fraction of sp³-hybridized carbons (Fsp3) is 0.857. The number of hydrogen-bond donors (Lipinski definition) is 1. The van der Waals surface area contributed by atoms with E-state index in [-0.39, 0.29) is 11.9 Å². The number of likely N-dealkylation sites (tertiary alicyclic amines) is 1. The van der Waals surface area contributed by atoms with Gasteiger partial charge in [-0.2, -0.15) is 0 Å². The van der Waals surface area contributed by atoms with Crippen molar-refractivity contribution in [3.63, 3.8) is 0 Å². The summed E-state index contributed by atoms with van der Waals surface area (Å²) < 4.78 is 5.38. The van der Waals surface area contributed by atoms with Crippen molar-refractivity contribution in [2.24, 2.45) is 5.92 Å². The number of rotatable bonds is 0. The lowest BCUT2D eigenvalue weighted by molar-refractivity contribution is -0.137. The first-order valence-electron chi connectivity index (χ1n) is 7.14. The summed E-state index contributed by atoms with van der Waals surface area (Å²) in [7, 11) is 0. The van der Waals surface area contributed by atoms with Gasteiger partial charge in [-0.05, 0) is 59.0 Å². The van der Waals surface area contributed by atoms with E-state index in [0.717, 1.165) is 32.4 Å². The van der Waals surface area contributed by atoms with E-state index in [9.17, 15) is 9.59 Å². The van der Waals surface area contributed by atoms with Crippen molar-refractivity contribution in [1.82, 2.24) is 10.2 Å². The Morgan fingerprint density at radius 3 is 2.79 bits per heavy atom. The number of ether oxygens (including phenoxy) is 1. The van der Waals surface area contributed by atoms with Crippen LogP contribution in [0.3, 0.4) is 0 Å². The molecule has 2 atom stereocenters. The molecule has 0 unspecified atom stereocenters. The molecule has 0 aromatic rings. The second-order valence-corrected chi connectivity index (χ2v) is 6.46. The molecule has 0 aromatic heterocycles. The molecule has 2 aliphatic heterocycles. The fourth-order valence-corrected chi connectivity index (χ4v) is 2.89. The molecule has 0 spiro atoms. The van der Waals surface area contributed by atoms with E-state index in [1.807, 2.05) is 20.8 Å². The predicted molar refractivity (Wildman–Crippen MR) is 71.7 cm³/mol. The first kappa shape index (κ1) is 14.3. The number of nitrogens with one attached hydrogen (secondary N) is 1. The molecule has 5 heteroatoms. The molecule has 0 aliphatic carbocycles. The summed E-state index contributed by atoms with van der Waals surface area (Å²) in [6, 6.07) is 0.00565. The van der Waals surface area contributed by atoms with Crippen molar-refractivity contribution in [1.29, 1.82) is 0 Å². The lowest BCUT2D eigenvalue weighted by Gasteiger charge is -2.39. The summed E-state index contributed by atoms with van der Waals surface area (Å²) in [6.45, 7) is 7.32. The normalized spacial score (nSPS) is 28.6. The lowest BCUT2D eigenvalue weighted by Crippen LogP contribution is -2.53. The van der Waals surface area contributed by atoms with Gasteiger partial charge < -0.3 is 10.1 Å². The van der Waals surface area contributed by atoms with Gasteiger partial charge in [-0.3, -0.25) is 4.79 Å². The highest BCUT2D eigenvalue weighted by atomic mass is 16.6. The Morgan fingerprint density at radius 1 is 1.37 bits per heavy atom. The Morgan fingerprint density at radius 2 is 2.11 bits per heavy atom. The van der Waals surface area contributed by atoms with Gasteiger partial charge in [0.05, 0.1) is 0 Å². The van der Waals surface area contributed by atoms with Crippen molar-refractivity contribution >= 4 is 12.0 Å². The molecule has 108 valence electrons. The van der Waals surface area contributed by atoms with E-state index in [1.54, 1.807) is 0 Å². The average molecular weight is 268 g/mol. The smallest absolute Gasteiger partial charge is 0.417 e. The average Bonchev–Trinajstić information content (AvgIpc) is 2.51. The molecule has 0 aromatic carbocycles. The van der Waals surface area contributed by atoms with Gasteiger partial charge >= 0.3 is 6.09 Å². The summed E-state index contributed by atoms with van der Waals surface area (Å²) in [4.78, 5) is 25.7. The number of carbonyl (C=O) groups is 2. The molecule has 0 radical (unpaired) electrons. The molecule has 2 saturated heterocycles. The van der Waals surface area contributed by atoms with Crippen LogP contribution in [-0.4, -0.2) is 41.6 Å². The van der Waals surface area contributed by atoms with Gasteiger partial charge in [-0.25, -0.2) is 9.69 Å². The predicted octanol–water partition coefficient (Wildman–Crippen LogP) is 1.91. The molecular formula is C14H24N2O3. The maximum absolute atomic E-state index is 12.3. The SMILES string of the molecule is CC(C)(C)OC(=O)N1C(=O)CC[C@@H]2CNCCC[C@H]21.